The number of nitrogens with two attached hydrogens (primary N) is 1. The minimum absolute atomic E-state index is 0.118. The zero-order valence-corrected chi connectivity index (χ0v) is 8.45. The van der Waals surface area contributed by atoms with Gasteiger partial charge in [-0.2, -0.15) is 0 Å². The van der Waals surface area contributed by atoms with Crippen molar-refractivity contribution in [1.82, 2.24) is 4.98 Å². The SMILES string of the molecule is Cc1ccc(-c2ccc[nH]c2=O)c(N)c1. The summed E-state index contributed by atoms with van der Waals surface area (Å²) >= 11 is 0. The van der Waals surface area contributed by atoms with E-state index < -0.39 is 0 Å². The minimum Gasteiger partial charge on any atom is -0.398 e. The summed E-state index contributed by atoms with van der Waals surface area (Å²) in [6.07, 6.45) is 1.61. The largest absolute Gasteiger partial charge is 0.398 e. The van der Waals surface area contributed by atoms with Crippen LogP contribution in [-0.4, -0.2) is 4.98 Å². The Morgan fingerprint density at radius 3 is 2.67 bits per heavy atom. The van der Waals surface area contributed by atoms with Gasteiger partial charge in [-0.25, -0.2) is 0 Å². The molecule has 76 valence electrons. The van der Waals surface area contributed by atoms with Crippen molar-refractivity contribution in [2.75, 3.05) is 5.73 Å². The number of anilines is 1. The highest BCUT2D eigenvalue weighted by molar-refractivity contribution is 5.75. The van der Waals surface area contributed by atoms with E-state index in [0.717, 1.165) is 11.1 Å². The summed E-state index contributed by atoms with van der Waals surface area (Å²) in [5.41, 5.74) is 8.86. The van der Waals surface area contributed by atoms with Gasteiger partial charge in [0.1, 0.15) is 0 Å². The van der Waals surface area contributed by atoms with Crippen LogP contribution in [0.3, 0.4) is 0 Å². The molecule has 1 heterocycles. The smallest absolute Gasteiger partial charge is 0.255 e. The van der Waals surface area contributed by atoms with Crippen LogP contribution < -0.4 is 11.3 Å². The van der Waals surface area contributed by atoms with E-state index in [0.29, 0.717) is 11.3 Å². The molecule has 0 saturated carbocycles. The highest BCUT2D eigenvalue weighted by Gasteiger charge is 2.05. The van der Waals surface area contributed by atoms with Gasteiger partial charge in [-0.1, -0.05) is 12.1 Å². The van der Waals surface area contributed by atoms with Crippen molar-refractivity contribution in [3.8, 4) is 11.1 Å². The molecule has 15 heavy (non-hydrogen) atoms. The number of aromatic nitrogens is 1. The highest BCUT2D eigenvalue weighted by Crippen LogP contribution is 2.23. The second-order valence-corrected chi connectivity index (χ2v) is 3.50. The summed E-state index contributed by atoms with van der Waals surface area (Å²) in [6, 6.07) is 9.23. The molecule has 0 bridgehead atoms. The quantitative estimate of drug-likeness (QED) is 0.691. The number of nitrogen functional groups attached to an aromatic ring is 1. The van der Waals surface area contributed by atoms with Gasteiger partial charge in [0.05, 0.1) is 0 Å². The number of pyridine rings is 1. The van der Waals surface area contributed by atoms with E-state index in [1.165, 1.54) is 0 Å². The van der Waals surface area contributed by atoms with E-state index in [-0.39, 0.29) is 5.56 Å². The summed E-state index contributed by atoms with van der Waals surface area (Å²) in [5, 5.41) is 0. The maximum atomic E-state index is 11.5. The van der Waals surface area contributed by atoms with Gasteiger partial charge in [0.25, 0.3) is 5.56 Å². The molecule has 0 atom stereocenters. The molecule has 2 aromatic rings. The fourth-order valence-electron chi connectivity index (χ4n) is 1.56. The first-order chi connectivity index (χ1) is 7.18. The van der Waals surface area contributed by atoms with Crippen LogP contribution in [0.4, 0.5) is 5.69 Å². The summed E-state index contributed by atoms with van der Waals surface area (Å²) < 4.78 is 0. The molecule has 3 N–H and O–H groups in total. The normalized spacial score (nSPS) is 10.2. The number of nitrogens with one attached hydrogen (secondary N) is 1. The average Bonchev–Trinajstić information content (AvgIpc) is 2.20. The number of hydrogen-bond donors (Lipinski definition) is 2. The maximum absolute atomic E-state index is 11.5. The Labute approximate surface area is 87.6 Å². The van der Waals surface area contributed by atoms with Crippen molar-refractivity contribution in [2.45, 2.75) is 6.92 Å². The summed E-state index contributed by atoms with van der Waals surface area (Å²) in [4.78, 5) is 14.2. The summed E-state index contributed by atoms with van der Waals surface area (Å²) in [7, 11) is 0. The lowest BCUT2D eigenvalue weighted by molar-refractivity contribution is 1.24. The van der Waals surface area contributed by atoms with E-state index >= 15 is 0 Å². The molecular formula is C12H12N2O. The first-order valence-corrected chi connectivity index (χ1v) is 4.72. The Balaban J connectivity index is 2.65. The third-order valence-corrected chi connectivity index (χ3v) is 2.32. The third-order valence-electron chi connectivity index (χ3n) is 2.32. The number of benzene rings is 1. The van der Waals surface area contributed by atoms with E-state index in [9.17, 15) is 4.79 Å². The lowest BCUT2D eigenvalue weighted by Gasteiger charge is -2.05. The molecule has 0 aliphatic heterocycles. The molecule has 0 aliphatic carbocycles. The number of H-pyrrole nitrogens is 1. The van der Waals surface area contributed by atoms with E-state index in [1.807, 2.05) is 25.1 Å². The number of aryl methyl sites for hydroxylation is 1. The van der Waals surface area contributed by atoms with Crippen LogP contribution in [-0.2, 0) is 0 Å². The Morgan fingerprint density at radius 2 is 2.00 bits per heavy atom. The third kappa shape index (κ3) is 1.76. The van der Waals surface area contributed by atoms with Crippen molar-refractivity contribution in [3.05, 3.63) is 52.4 Å². The lowest BCUT2D eigenvalue weighted by Crippen LogP contribution is -2.08. The second kappa shape index (κ2) is 3.61. The van der Waals surface area contributed by atoms with Gasteiger partial charge < -0.3 is 10.7 Å². The Morgan fingerprint density at radius 1 is 1.20 bits per heavy atom. The standard InChI is InChI=1S/C12H12N2O/c1-8-4-5-9(11(13)7-8)10-3-2-6-14-12(10)15/h2-7H,13H2,1H3,(H,14,15). The second-order valence-electron chi connectivity index (χ2n) is 3.50. The van der Waals surface area contributed by atoms with Crippen molar-refractivity contribution in [1.29, 1.82) is 0 Å². The van der Waals surface area contributed by atoms with Gasteiger partial charge in [-0.05, 0) is 30.7 Å². The van der Waals surface area contributed by atoms with Crippen molar-refractivity contribution in [3.63, 3.8) is 0 Å². The number of hydrogen-bond acceptors (Lipinski definition) is 2. The van der Waals surface area contributed by atoms with Crippen molar-refractivity contribution >= 4 is 5.69 Å². The molecule has 0 radical (unpaired) electrons. The van der Waals surface area contributed by atoms with E-state index in [4.69, 9.17) is 5.73 Å². The van der Waals surface area contributed by atoms with Crippen LogP contribution in [0.15, 0.2) is 41.3 Å². The number of aromatic amines is 1. The van der Waals surface area contributed by atoms with Crippen LogP contribution in [0, 0.1) is 6.92 Å². The predicted octanol–water partition coefficient (Wildman–Crippen LogP) is 1.93. The molecule has 3 nitrogen and oxygen atoms in total. The first-order valence-electron chi connectivity index (χ1n) is 4.72. The average molecular weight is 200 g/mol. The molecule has 0 saturated heterocycles. The molecule has 3 heteroatoms. The maximum Gasteiger partial charge on any atom is 0.255 e. The fourth-order valence-corrected chi connectivity index (χ4v) is 1.56. The van der Waals surface area contributed by atoms with Crippen LogP contribution in [0.5, 0.6) is 0 Å². The Kier molecular flexibility index (Phi) is 2.29. The predicted molar refractivity (Wildman–Crippen MR) is 61.6 cm³/mol. The molecule has 0 spiro atoms. The summed E-state index contributed by atoms with van der Waals surface area (Å²) in [5.74, 6) is 0. The highest BCUT2D eigenvalue weighted by atomic mass is 16.1. The molecule has 2 rings (SSSR count). The van der Waals surface area contributed by atoms with Crippen molar-refractivity contribution in [2.24, 2.45) is 0 Å². The van der Waals surface area contributed by atoms with Gasteiger partial charge >= 0.3 is 0 Å². The van der Waals surface area contributed by atoms with Crippen LogP contribution in [0.1, 0.15) is 5.56 Å². The Bertz CT molecular complexity index is 543. The van der Waals surface area contributed by atoms with Gasteiger partial charge in [-0.3, -0.25) is 4.79 Å². The van der Waals surface area contributed by atoms with Crippen LogP contribution >= 0.6 is 0 Å². The summed E-state index contributed by atoms with van der Waals surface area (Å²) in [6.45, 7) is 1.97. The van der Waals surface area contributed by atoms with Gasteiger partial charge in [0, 0.05) is 23.0 Å². The molecule has 1 aromatic carbocycles. The zero-order valence-electron chi connectivity index (χ0n) is 8.45. The minimum atomic E-state index is -0.118. The van der Waals surface area contributed by atoms with Gasteiger partial charge in [0.2, 0.25) is 0 Å². The monoisotopic (exact) mass is 200 g/mol. The zero-order chi connectivity index (χ0) is 10.8. The molecule has 0 fully saturated rings. The first kappa shape index (κ1) is 9.52. The van der Waals surface area contributed by atoms with Crippen LogP contribution in [0.2, 0.25) is 0 Å². The van der Waals surface area contributed by atoms with Crippen LogP contribution in [0.25, 0.3) is 11.1 Å². The lowest BCUT2D eigenvalue weighted by atomic mass is 10.0. The van der Waals surface area contributed by atoms with E-state index in [1.54, 1.807) is 18.3 Å². The van der Waals surface area contributed by atoms with E-state index in [2.05, 4.69) is 4.98 Å². The molecule has 1 aromatic heterocycles. The van der Waals surface area contributed by atoms with Gasteiger partial charge in [-0.15, -0.1) is 0 Å². The fraction of sp³-hybridized carbons (Fsp3) is 0.0833. The van der Waals surface area contributed by atoms with Gasteiger partial charge in [0.15, 0.2) is 0 Å². The topological polar surface area (TPSA) is 58.9 Å². The van der Waals surface area contributed by atoms with Crippen molar-refractivity contribution < 1.29 is 0 Å². The molecule has 0 aliphatic rings. The number of rotatable bonds is 1. The molecule has 0 amide bonds. The molecular weight excluding hydrogens is 188 g/mol. The Hall–Kier alpha value is -2.03. The molecule has 0 unspecified atom stereocenters.